The van der Waals surface area contributed by atoms with Gasteiger partial charge in [-0.05, 0) is 18.9 Å². The van der Waals surface area contributed by atoms with Crippen molar-refractivity contribution in [2.24, 2.45) is 7.05 Å². The Hall–Kier alpha value is -0.830. The Balaban J connectivity index is 1.67. The summed E-state index contributed by atoms with van der Waals surface area (Å²) in [6.45, 7) is 1.07. The lowest BCUT2D eigenvalue weighted by Gasteiger charge is -2.15. The van der Waals surface area contributed by atoms with Crippen molar-refractivity contribution in [1.29, 1.82) is 0 Å². The third-order valence-corrected chi connectivity index (χ3v) is 3.44. The molecule has 1 aromatic heterocycles. The minimum Gasteiger partial charge on any atom is -0.314 e. The van der Waals surface area contributed by atoms with Crippen molar-refractivity contribution in [2.75, 3.05) is 6.54 Å². The van der Waals surface area contributed by atoms with Gasteiger partial charge in [0.25, 0.3) is 0 Å². The molecular formula is C13H23N3. The van der Waals surface area contributed by atoms with E-state index in [2.05, 4.69) is 16.5 Å². The van der Waals surface area contributed by atoms with Crippen molar-refractivity contribution >= 4 is 0 Å². The van der Waals surface area contributed by atoms with Crippen LogP contribution in [0, 0.1) is 0 Å². The first-order chi connectivity index (χ1) is 7.84. The molecule has 1 fully saturated rings. The van der Waals surface area contributed by atoms with Gasteiger partial charge in [0.1, 0.15) is 0 Å². The zero-order valence-corrected chi connectivity index (χ0v) is 10.3. The van der Waals surface area contributed by atoms with E-state index < -0.39 is 0 Å². The number of rotatable bonds is 4. The third kappa shape index (κ3) is 3.63. The Morgan fingerprint density at radius 1 is 1.31 bits per heavy atom. The van der Waals surface area contributed by atoms with E-state index in [0.717, 1.165) is 19.0 Å². The van der Waals surface area contributed by atoms with Gasteiger partial charge in [0.05, 0.1) is 5.69 Å². The molecule has 0 radical (unpaired) electrons. The fourth-order valence-electron chi connectivity index (χ4n) is 2.48. The van der Waals surface area contributed by atoms with Crippen molar-refractivity contribution in [2.45, 2.75) is 51.0 Å². The monoisotopic (exact) mass is 221 g/mol. The molecule has 0 amide bonds. The van der Waals surface area contributed by atoms with E-state index in [4.69, 9.17) is 0 Å². The number of aromatic nitrogens is 2. The van der Waals surface area contributed by atoms with Crippen LogP contribution in [0.2, 0.25) is 0 Å². The summed E-state index contributed by atoms with van der Waals surface area (Å²) in [5, 5.41) is 8.06. The maximum absolute atomic E-state index is 4.39. The van der Waals surface area contributed by atoms with E-state index >= 15 is 0 Å². The summed E-state index contributed by atoms with van der Waals surface area (Å²) in [6, 6.07) is 2.86. The van der Waals surface area contributed by atoms with Crippen molar-refractivity contribution < 1.29 is 0 Å². The predicted octanol–water partition coefficient (Wildman–Crippen LogP) is 2.28. The van der Waals surface area contributed by atoms with Gasteiger partial charge >= 0.3 is 0 Å². The molecule has 1 aromatic rings. The van der Waals surface area contributed by atoms with Crippen LogP contribution in [0.25, 0.3) is 0 Å². The van der Waals surface area contributed by atoms with E-state index in [1.807, 2.05) is 17.9 Å². The van der Waals surface area contributed by atoms with Crippen LogP contribution in [0.4, 0.5) is 0 Å². The first-order valence-electron chi connectivity index (χ1n) is 6.56. The van der Waals surface area contributed by atoms with Crippen molar-refractivity contribution in [3.8, 4) is 0 Å². The van der Waals surface area contributed by atoms with Gasteiger partial charge < -0.3 is 5.32 Å². The van der Waals surface area contributed by atoms with Gasteiger partial charge in [-0.15, -0.1) is 0 Å². The molecule has 90 valence electrons. The lowest BCUT2D eigenvalue weighted by Crippen LogP contribution is -2.30. The number of hydrogen-bond donors (Lipinski definition) is 1. The van der Waals surface area contributed by atoms with Gasteiger partial charge in [-0.2, -0.15) is 5.10 Å². The molecule has 1 N–H and O–H groups in total. The molecule has 2 rings (SSSR count). The van der Waals surface area contributed by atoms with E-state index in [1.54, 1.807) is 0 Å². The van der Waals surface area contributed by atoms with Crippen LogP contribution in [-0.2, 0) is 13.5 Å². The summed E-state index contributed by atoms with van der Waals surface area (Å²) in [4.78, 5) is 0. The summed E-state index contributed by atoms with van der Waals surface area (Å²) in [7, 11) is 1.97. The lowest BCUT2D eigenvalue weighted by atomic mass is 10.1. The molecule has 1 heterocycles. The predicted molar refractivity (Wildman–Crippen MR) is 66.4 cm³/mol. The summed E-state index contributed by atoms with van der Waals surface area (Å²) < 4.78 is 1.88. The minimum atomic E-state index is 0.756. The molecule has 16 heavy (non-hydrogen) atoms. The molecule has 0 atom stereocenters. The van der Waals surface area contributed by atoms with E-state index in [0.29, 0.717) is 0 Å². The van der Waals surface area contributed by atoms with E-state index in [1.165, 1.54) is 44.2 Å². The fourth-order valence-corrected chi connectivity index (χ4v) is 2.48. The van der Waals surface area contributed by atoms with E-state index in [9.17, 15) is 0 Å². The van der Waals surface area contributed by atoms with Crippen LogP contribution in [0.1, 0.15) is 44.2 Å². The molecule has 3 heteroatoms. The van der Waals surface area contributed by atoms with Crippen LogP contribution in [0.3, 0.4) is 0 Å². The molecule has 0 unspecified atom stereocenters. The van der Waals surface area contributed by atoms with Gasteiger partial charge in [-0.1, -0.05) is 25.7 Å². The molecule has 3 nitrogen and oxygen atoms in total. The van der Waals surface area contributed by atoms with Crippen LogP contribution in [0.5, 0.6) is 0 Å². The van der Waals surface area contributed by atoms with Crippen LogP contribution in [-0.4, -0.2) is 22.4 Å². The van der Waals surface area contributed by atoms with Gasteiger partial charge in [0, 0.05) is 32.3 Å². The summed E-state index contributed by atoms with van der Waals surface area (Å²) in [5.41, 5.74) is 1.20. The van der Waals surface area contributed by atoms with Crippen LogP contribution >= 0.6 is 0 Å². The molecule has 0 aromatic carbocycles. The maximum Gasteiger partial charge on any atom is 0.0637 e. The van der Waals surface area contributed by atoms with E-state index in [-0.39, 0.29) is 0 Å². The van der Waals surface area contributed by atoms with Gasteiger partial charge in [0.15, 0.2) is 0 Å². The molecular weight excluding hydrogens is 198 g/mol. The zero-order valence-electron chi connectivity index (χ0n) is 10.3. The Morgan fingerprint density at radius 3 is 2.69 bits per heavy atom. The largest absolute Gasteiger partial charge is 0.314 e. The highest BCUT2D eigenvalue weighted by atomic mass is 15.2. The molecule has 0 aliphatic heterocycles. The second kappa shape index (κ2) is 6.04. The smallest absolute Gasteiger partial charge is 0.0637 e. The zero-order chi connectivity index (χ0) is 11.2. The number of aryl methyl sites for hydroxylation is 1. The number of nitrogens with zero attached hydrogens (tertiary/aromatic N) is 2. The number of hydrogen-bond acceptors (Lipinski definition) is 2. The first kappa shape index (κ1) is 11.6. The Kier molecular flexibility index (Phi) is 4.40. The Labute approximate surface area is 98.2 Å². The average Bonchev–Trinajstić information content (AvgIpc) is 2.54. The maximum atomic E-state index is 4.39. The Morgan fingerprint density at radius 2 is 2.06 bits per heavy atom. The number of nitrogens with one attached hydrogen (secondary N) is 1. The standard InChI is InChI=1S/C13H23N3/c1-16-11-9-13(15-16)8-10-14-12-6-4-2-3-5-7-12/h9,11-12,14H,2-8,10H2,1H3. The SMILES string of the molecule is Cn1ccc(CCNC2CCCCCC2)n1. The Bertz CT molecular complexity index is 298. The van der Waals surface area contributed by atoms with Crippen LogP contribution < -0.4 is 5.32 Å². The molecule has 0 spiro atoms. The van der Waals surface area contributed by atoms with Gasteiger partial charge in [0.2, 0.25) is 0 Å². The highest BCUT2D eigenvalue weighted by Gasteiger charge is 2.10. The normalized spacial score (nSPS) is 18.6. The third-order valence-electron chi connectivity index (χ3n) is 3.44. The summed E-state index contributed by atoms with van der Waals surface area (Å²) in [6.07, 6.45) is 11.5. The topological polar surface area (TPSA) is 29.9 Å². The second-order valence-electron chi connectivity index (χ2n) is 4.87. The fraction of sp³-hybridized carbons (Fsp3) is 0.769. The average molecular weight is 221 g/mol. The summed E-state index contributed by atoms with van der Waals surface area (Å²) >= 11 is 0. The van der Waals surface area contributed by atoms with Crippen LogP contribution in [0.15, 0.2) is 12.3 Å². The van der Waals surface area contributed by atoms with Crippen molar-refractivity contribution in [3.05, 3.63) is 18.0 Å². The van der Waals surface area contributed by atoms with Gasteiger partial charge in [-0.3, -0.25) is 4.68 Å². The lowest BCUT2D eigenvalue weighted by molar-refractivity contribution is 0.461. The van der Waals surface area contributed by atoms with Crippen molar-refractivity contribution in [1.82, 2.24) is 15.1 Å². The molecule has 0 bridgehead atoms. The molecule has 1 aliphatic rings. The first-order valence-corrected chi connectivity index (χ1v) is 6.56. The summed E-state index contributed by atoms with van der Waals surface area (Å²) in [5.74, 6) is 0. The molecule has 1 saturated carbocycles. The highest BCUT2D eigenvalue weighted by molar-refractivity contribution is 4.99. The minimum absolute atomic E-state index is 0.756. The molecule has 0 saturated heterocycles. The quantitative estimate of drug-likeness (QED) is 0.790. The second-order valence-corrected chi connectivity index (χ2v) is 4.87. The van der Waals surface area contributed by atoms with Crippen molar-refractivity contribution in [3.63, 3.8) is 0 Å². The highest BCUT2D eigenvalue weighted by Crippen LogP contribution is 2.16. The molecule has 1 aliphatic carbocycles. The van der Waals surface area contributed by atoms with Gasteiger partial charge in [-0.25, -0.2) is 0 Å².